The Balaban J connectivity index is 1.28. The molecule has 1 aromatic heterocycles. The SMILES string of the molecule is CC(Sc1nc(C2CC2)nc2ccccc12)C(=O)N1CCN(c2ccccc2)CC1. The second-order valence-corrected chi connectivity index (χ2v) is 9.42. The Morgan fingerprint density at radius 3 is 2.40 bits per heavy atom. The molecule has 2 heterocycles. The van der Waals surface area contributed by atoms with Crippen molar-refractivity contribution in [3.05, 3.63) is 60.4 Å². The second-order valence-electron chi connectivity index (χ2n) is 8.09. The first-order valence-corrected chi connectivity index (χ1v) is 11.6. The fraction of sp³-hybridized carbons (Fsp3) is 0.375. The minimum absolute atomic E-state index is 0.168. The molecule has 3 aromatic rings. The van der Waals surface area contributed by atoms with E-state index in [1.54, 1.807) is 11.8 Å². The van der Waals surface area contributed by atoms with Gasteiger partial charge in [0.2, 0.25) is 5.91 Å². The lowest BCUT2D eigenvalue weighted by molar-refractivity contribution is -0.130. The number of thioether (sulfide) groups is 1. The summed E-state index contributed by atoms with van der Waals surface area (Å²) in [6.45, 7) is 5.27. The van der Waals surface area contributed by atoms with Gasteiger partial charge in [-0.3, -0.25) is 4.79 Å². The molecule has 0 radical (unpaired) electrons. The fourth-order valence-electron chi connectivity index (χ4n) is 3.98. The van der Waals surface area contributed by atoms with Gasteiger partial charge in [0.1, 0.15) is 10.9 Å². The normalized spacial score (nSPS) is 17.9. The largest absolute Gasteiger partial charge is 0.368 e. The summed E-state index contributed by atoms with van der Waals surface area (Å²) < 4.78 is 0. The predicted molar refractivity (Wildman–Crippen MR) is 122 cm³/mol. The highest BCUT2D eigenvalue weighted by molar-refractivity contribution is 8.00. The van der Waals surface area contributed by atoms with Gasteiger partial charge < -0.3 is 9.80 Å². The van der Waals surface area contributed by atoms with Crippen molar-refractivity contribution in [3.63, 3.8) is 0 Å². The average Bonchev–Trinajstić information content (AvgIpc) is 3.65. The molecule has 5 rings (SSSR count). The highest BCUT2D eigenvalue weighted by atomic mass is 32.2. The van der Waals surface area contributed by atoms with E-state index < -0.39 is 0 Å². The molecule has 1 aliphatic heterocycles. The summed E-state index contributed by atoms with van der Waals surface area (Å²) in [4.78, 5) is 27.1. The van der Waals surface area contributed by atoms with E-state index in [1.807, 2.05) is 36.1 Å². The van der Waals surface area contributed by atoms with Crippen LogP contribution in [0.15, 0.2) is 59.6 Å². The molecule has 1 atom stereocenters. The van der Waals surface area contributed by atoms with E-state index in [4.69, 9.17) is 9.97 Å². The minimum Gasteiger partial charge on any atom is -0.368 e. The molecule has 0 spiro atoms. The van der Waals surface area contributed by atoms with Crippen LogP contribution in [0, 0.1) is 0 Å². The predicted octanol–water partition coefficient (Wildman–Crippen LogP) is 4.34. The zero-order valence-corrected chi connectivity index (χ0v) is 18.0. The molecule has 2 aromatic carbocycles. The van der Waals surface area contributed by atoms with Crippen molar-refractivity contribution in [2.24, 2.45) is 0 Å². The molecule has 2 aliphatic rings. The molecule has 1 unspecified atom stereocenters. The second kappa shape index (κ2) is 8.26. The molecule has 6 heteroatoms. The summed E-state index contributed by atoms with van der Waals surface area (Å²) >= 11 is 1.58. The number of para-hydroxylation sites is 2. The fourth-order valence-corrected chi connectivity index (χ4v) is 5.01. The summed E-state index contributed by atoms with van der Waals surface area (Å²) in [5.41, 5.74) is 2.21. The first-order valence-electron chi connectivity index (χ1n) is 10.7. The summed E-state index contributed by atoms with van der Waals surface area (Å²) in [5.74, 6) is 1.63. The number of carbonyl (C=O) groups excluding carboxylic acids is 1. The van der Waals surface area contributed by atoms with Crippen LogP contribution in [0.4, 0.5) is 5.69 Å². The number of rotatable bonds is 5. The molecule has 1 saturated carbocycles. The van der Waals surface area contributed by atoms with Gasteiger partial charge in [0.25, 0.3) is 0 Å². The van der Waals surface area contributed by atoms with E-state index in [0.29, 0.717) is 5.92 Å². The lowest BCUT2D eigenvalue weighted by Gasteiger charge is -2.37. The Hall–Kier alpha value is -2.60. The number of hydrogen-bond donors (Lipinski definition) is 0. The van der Waals surface area contributed by atoms with Gasteiger partial charge >= 0.3 is 0 Å². The number of fused-ring (bicyclic) bond motifs is 1. The molecule has 0 bridgehead atoms. The van der Waals surface area contributed by atoms with Crippen molar-refractivity contribution in [2.75, 3.05) is 31.1 Å². The summed E-state index contributed by atoms with van der Waals surface area (Å²) in [7, 11) is 0. The van der Waals surface area contributed by atoms with Crippen molar-refractivity contribution in [1.29, 1.82) is 0 Å². The summed E-state index contributed by atoms with van der Waals surface area (Å²) in [6.07, 6.45) is 2.34. The average molecular weight is 419 g/mol. The third kappa shape index (κ3) is 4.01. The zero-order valence-electron chi connectivity index (χ0n) is 17.2. The van der Waals surface area contributed by atoms with Crippen LogP contribution in [0.25, 0.3) is 10.9 Å². The number of carbonyl (C=O) groups is 1. The number of aromatic nitrogens is 2. The van der Waals surface area contributed by atoms with Crippen molar-refractivity contribution in [3.8, 4) is 0 Å². The standard InChI is InChI=1S/C24H26N4OS/c1-17(24(29)28-15-13-27(14-16-28)19-7-3-2-4-8-19)30-23-20-9-5-6-10-21(20)25-22(26-23)18-11-12-18/h2-10,17-18H,11-16H2,1H3. The number of hydrogen-bond acceptors (Lipinski definition) is 5. The summed E-state index contributed by atoms with van der Waals surface area (Å²) in [6, 6.07) is 18.6. The van der Waals surface area contributed by atoms with Crippen LogP contribution in [-0.4, -0.2) is 52.2 Å². The molecule has 2 fully saturated rings. The lowest BCUT2D eigenvalue weighted by atomic mass is 10.2. The van der Waals surface area contributed by atoms with E-state index in [1.165, 1.54) is 18.5 Å². The van der Waals surface area contributed by atoms with Crippen LogP contribution in [0.5, 0.6) is 0 Å². The molecule has 30 heavy (non-hydrogen) atoms. The maximum absolute atomic E-state index is 13.2. The topological polar surface area (TPSA) is 49.3 Å². The van der Waals surface area contributed by atoms with E-state index in [-0.39, 0.29) is 11.2 Å². The van der Waals surface area contributed by atoms with Crippen LogP contribution in [0.2, 0.25) is 0 Å². The van der Waals surface area contributed by atoms with Gasteiger partial charge in [0, 0.05) is 43.2 Å². The highest BCUT2D eigenvalue weighted by Gasteiger charge is 2.29. The Kier molecular flexibility index (Phi) is 5.34. The van der Waals surface area contributed by atoms with Gasteiger partial charge in [-0.05, 0) is 38.0 Å². The van der Waals surface area contributed by atoms with Crippen molar-refractivity contribution >= 4 is 34.3 Å². The Morgan fingerprint density at radius 1 is 0.967 bits per heavy atom. The van der Waals surface area contributed by atoms with Crippen LogP contribution < -0.4 is 4.90 Å². The number of amides is 1. The zero-order chi connectivity index (χ0) is 20.5. The molecule has 1 amide bonds. The van der Waals surface area contributed by atoms with Gasteiger partial charge in [0.05, 0.1) is 10.8 Å². The van der Waals surface area contributed by atoms with Gasteiger partial charge in [0.15, 0.2) is 0 Å². The molecular weight excluding hydrogens is 392 g/mol. The van der Waals surface area contributed by atoms with Crippen LogP contribution in [0.1, 0.15) is 31.5 Å². The Bertz CT molecular complexity index is 1050. The monoisotopic (exact) mass is 418 g/mol. The van der Waals surface area contributed by atoms with Gasteiger partial charge in [-0.15, -0.1) is 0 Å². The number of piperazine rings is 1. The van der Waals surface area contributed by atoms with Gasteiger partial charge in [-0.2, -0.15) is 0 Å². The molecule has 5 nitrogen and oxygen atoms in total. The molecule has 1 aliphatic carbocycles. The molecule has 0 N–H and O–H groups in total. The van der Waals surface area contributed by atoms with Crippen molar-refractivity contribution in [1.82, 2.24) is 14.9 Å². The van der Waals surface area contributed by atoms with Crippen LogP contribution >= 0.6 is 11.8 Å². The molecular formula is C24H26N4OS. The van der Waals surface area contributed by atoms with E-state index >= 15 is 0 Å². The number of anilines is 1. The third-order valence-corrected chi connectivity index (χ3v) is 6.97. The Labute approximate surface area is 181 Å². The van der Waals surface area contributed by atoms with Crippen molar-refractivity contribution in [2.45, 2.75) is 36.0 Å². The maximum atomic E-state index is 13.2. The molecule has 154 valence electrons. The molecule has 1 saturated heterocycles. The van der Waals surface area contributed by atoms with Crippen LogP contribution in [0.3, 0.4) is 0 Å². The van der Waals surface area contributed by atoms with E-state index in [0.717, 1.165) is 47.9 Å². The highest BCUT2D eigenvalue weighted by Crippen LogP contribution is 2.40. The van der Waals surface area contributed by atoms with E-state index in [2.05, 4.69) is 35.2 Å². The van der Waals surface area contributed by atoms with Crippen LogP contribution in [-0.2, 0) is 4.79 Å². The van der Waals surface area contributed by atoms with Gasteiger partial charge in [-0.25, -0.2) is 9.97 Å². The smallest absolute Gasteiger partial charge is 0.235 e. The lowest BCUT2D eigenvalue weighted by Crippen LogP contribution is -2.50. The Morgan fingerprint density at radius 2 is 1.67 bits per heavy atom. The first kappa shape index (κ1) is 19.4. The number of nitrogens with zero attached hydrogens (tertiary/aromatic N) is 4. The van der Waals surface area contributed by atoms with Crippen molar-refractivity contribution < 1.29 is 4.79 Å². The number of benzene rings is 2. The van der Waals surface area contributed by atoms with E-state index in [9.17, 15) is 4.79 Å². The van der Waals surface area contributed by atoms with Gasteiger partial charge in [-0.1, -0.05) is 48.2 Å². The first-order chi connectivity index (χ1) is 14.7. The maximum Gasteiger partial charge on any atom is 0.235 e. The third-order valence-electron chi connectivity index (χ3n) is 5.88. The minimum atomic E-state index is -0.168. The summed E-state index contributed by atoms with van der Waals surface area (Å²) in [5, 5.41) is 1.81. The quantitative estimate of drug-likeness (QED) is 0.456.